The highest BCUT2D eigenvalue weighted by atomic mass is 16.5. The quantitative estimate of drug-likeness (QED) is 0.595. The van der Waals surface area contributed by atoms with Crippen LogP contribution in [0.15, 0.2) is 48.5 Å². The summed E-state index contributed by atoms with van der Waals surface area (Å²) < 4.78 is 10.4. The van der Waals surface area contributed by atoms with Crippen molar-refractivity contribution < 1.29 is 19.1 Å². The number of urea groups is 2. The van der Waals surface area contributed by atoms with Crippen molar-refractivity contribution in [2.24, 2.45) is 0 Å². The maximum Gasteiger partial charge on any atom is 0.337 e. The van der Waals surface area contributed by atoms with Crippen LogP contribution in [0.25, 0.3) is 0 Å². The Morgan fingerprint density at radius 1 is 0.885 bits per heavy atom. The summed E-state index contributed by atoms with van der Waals surface area (Å²) in [4.78, 5) is 23.4. The standard InChI is InChI=1S/C18H22N4O4/c1-25-15-9-8-13(12-16(15)26-2)10-11-19-17(23)21-22-18(24)20-14-6-4-3-5-7-14/h3-9,12H,10-11H2,1-2H3,(H2,19,21,23)(H2,20,22,24). The van der Waals surface area contributed by atoms with Gasteiger partial charge in [0, 0.05) is 12.2 Å². The summed E-state index contributed by atoms with van der Waals surface area (Å²) in [6.07, 6.45) is 0.601. The maximum atomic E-state index is 11.7. The molecule has 138 valence electrons. The number of hydrogen-bond acceptors (Lipinski definition) is 4. The zero-order valence-corrected chi connectivity index (χ0v) is 14.7. The van der Waals surface area contributed by atoms with E-state index in [0.29, 0.717) is 30.2 Å². The van der Waals surface area contributed by atoms with E-state index in [1.165, 1.54) is 0 Å². The van der Waals surface area contributed by atoms with Crippen LogP contribution < -0.4 is 31.0 Å². The first-order valence-corrected chi connectivity index (χ1v) is 7.99. The lowest BCUT2D eigenvalue weighted by Crippen LogP contribution is -2.48. The lowest BCUT2D eigenvalue weighted by Gasteiger charge is -2.11. The molecule has 0 unspecified atom stereocenters. The molecule has 0 saturated heterocycles. The Bertz CT molecular complexity index is 737. The number of carbonyl (C=O) groups is 2. The predicted molar refractivity (Wildman–Crippen MR) is 98.4 cm³/mol. The van der Waals surface area contributed by atoms with Gasteiger partial charge in [-0.25, -0.2) is 20.4 Å². The number of para-hydroxylation sites is 1. The summed E-state index contributed by atoms with van der Waals surface area (Å²) in [7, 11) is 3.14. The zero-order valence-electron chi connectivity index (χ0n) is 14.7. The monoisotopic (exact) mass is 358 g/mol. The number of amides is 4. The van der Waals surface area contributed by atoms with Crippen LogP contribution in [0.1, 0.15) is 5.56 Å². The molecule has 4 amide bonds. The molecule has 0 radical (unpaired) electrons. The van der Waals surface area contributed by atoms with Crippen molar-refractivity contribution in [3.05, 3.63) is 54.1 Å². The molecule has 0 aromatic heterocycles. The molecular formula is C18H22N4O4. The van der Waals surface area contributed by atoms with Gasteiger partial charge in [0.15, 0.2) is 11.5 Å². The molecule has 8 heteroatoms. The predicted octanol–water partition coefficient (Wildman–Crippen LogP) is 2.28. The van der Waals surface area contributed by atoms with Gasteiger partial charge in [0.05, 0.1) is 14.2 Å². The second-order valence-corrected chi connectivity index (χ2v) is 5.27. The molecule has 0 atom stereocenters. The number of hydrogen-bond donors (Lipinski definition) is 4. The van der Waals surface area contributed by atoms with E-state index in [0.717, 1.165) is 5.56 Å². The van der Waals surface area contributed by atoms with Gasteiger partial charge in [-0.3, -0.25) is 0 Å². The number of rotatable bonds is 6. The maximum absolute atomic E-state index is 11.7. The van der Waals surface area contributed by atoms with Gasteiger partial charge in [0.25, 0.3) is 0 Å². The summed E-state index contributed by atoms with van der Waals surface area (Å²) in [5.41, 5.74) is 6.15. The van der Waals surface area contributed by atoms with E-state index in [4.69, 9.17) is 9.47 Å². The van der Waals surface area contributed by atoms with Crippen molar-refractivity contribution in [3.63, 3.8) is 0 Å². The molecule has 0 bridgehead atoms. The SMILES string of the molecule is COc1ccc(CCNC(=O)NNC(=O)Nc2ccccc2)cc1OC. The van der Waals surface area contributed by atoms with Gasteiger partial charge in [-0.05, 0) is 36.2 Å². The molecule has 4 N–H and O–H groups in total. The van der Waals surface area contributed by atoms with Gasteiger partial charge in [0.2, 0.25) is 0 Å². The van der Waals surface area contributed by atoms with E-state index >= 15 is 0 Å². The van der Waals surface area contributed by atoms with Crippen LogP contribution in [0.4, 0.5) is 15.3 Å². The van der Waals surface area contributed by atoms with Gasteiger partial charge in [0.1, 0.15) is 0 Å². The van der Waals surface area contributed by atoms with Crippen LogP contribution in [0.3, 0.4) is 0 Å². The normalized spacial score (nSPS) is 9.77. The Hall–Kier alpha value is -3.42. The van der Waals surface area contributed by atoms with Crippen LogP contribution >= 0.6 is 0 Å². The second kappa shape index (κ2) is 9.77. The molecule has 2 rings (SSSR count). The number of anilines is 1. The number of nitrogens with one attached hydrogen (secondary N) is 4. The highest BCUT2D eigenvalue weighted by Gasteiger charge is 2.06. The first-order chi connectivity index (χ1) is 12.6. The van der Waals surface area contributed by atoms with Crippen molar-refractivity contribution in [2.75, 3.05) is 26.1 Å². The molecular weight excluding hydrogens is 336 g/mol. The van der Waals surface area contributed by atoms with E-state index in [-0.39, 0.29) is 0 Å². The first-order valence-electron chi connectivity index (χ1n) is 7.99. The van der Waals surface area contributed by atoms with Crippen LogP contribution in [0.2, 0.25) is 0 Å². The van der Waals surface area contributed by atoms with E-state index in [1.54, 1.807) is 38.5 Å². The Kier molecular flexibility index (Phi) is 7.11. The minimum Gasteiger partial charge on any atom is -0.493 e. The van der Waals surface area contributed by atoms with Gasteiger partial charge in [-0.15, -0.1) is 0 Å². The molecule has 0 heterocycles. The van der Waals surface area contributed by atoms with Crippen molar-refractivity contribution in [1.29, 1.82) is 0 Å². The van der Waals surface area contributed by atoms with Crippen molar-refractivity contribution in [2.45, 2.75) is 6.42 Å². The number of ether oxygens (including phenoxy) is 2. The largest absolute Gasteiger partial charge is 0.493 e. The highest BCUT2D eigenvalue weighted by Crippen LogP contribution is 2.27. The van der Waals surface area contributed by atoms with Crippen LogP contribution in [-0.2, 0) is 6.42 Å². The zero-order chi connectivity index (χ0) is 18.8. The summed E-state index contributed by atoms with van der Waals surface area (Å²) in [5.74, 6) is 1.28. The fraction of sp³-hybridized carbons (Fsp3) is 0.222. The third-order valence-corrected chi connectivity index (χ3v) is 3.47. The Morgan fingerprint density at radius 2 is 1.58 bits per heavy atom. The van der Waals surface area contributed by atoms with Crippen LogP contribution in [-0.4, -0.2) is 32.8 Å². The molecule has 0 fully saturated rings. The molecule has 0 saturated carbocycles. The first kappa shape index (κ1) is 18.9. The van der Waals surface area contributed by atoms with Crippen LogP contribution in [0, 0.1) is 0 Å². The van der Waals surface area contributed by atoms with Crippen molar-refractivity contribution >= 4 is 17.7 Å². The Balaban J connectivity index is 1.69. The van der Waals surface area contributed by atoms with E-state index in [2.05, 4.69) is 21.5 Å². The van der Waals surface area contributed by atoms with E-state index in [1.807, 2.05) is 24.3 Å². The molecule has 0 aliphatic heterocycles. The number of benzene rings is 2. The molecule has 0 aliphatic rings. The molecule has 2 aromatic rings. The van der Waals surface area contributed by atoms with E-state index < -0.39 is 12.1 Å². The average Bonchev–Trinajstić information content (AvgIpc) is 2.67. The molecule has 0 spiro atoms. The summed E-state index contributed by atoms with van der Waals surface area (Å²) in [6, 6.07) is 13.4. The minimum absolute atomic E-state index is 0.392. The fourth-order valence-electron chi connectivity index (χ4n) is 2.20. The lowest BCUT2D eigenvalue weighted by molar-refractivity contribution is 0.229. The van der Waals surface area contributed by atoms with Gasteiger partial charge in [-0.2, -0.15) is 0 Å². The minimum atomic E-state index is -0.536. The number of hydrazine groups is 1. The fourth-order valence-corrected chi connectivity index (χ4v) is 2.20. The molecule has 0 aliphatic carbocycles. The Labute approximate surface area is 151 Å². The summed E-state index contributed by atoms with van der Waals surface area (Å²) >= 11 is 0. The van der Waals surface area contributed by atoms with Gasteiger partial charge < -0.3 is 20.1 Å². The van der Waals surface area contributed by atoms with Crippen molar-refractivity contribution in [1.82, 2.24) is 16.2 Å². The summed E-state index contributed by atoms with van der Waals surface area (Å²) in [5, 5.41) is 5.24. The van der Waals surface area contributed by atoms with Gasteiger partial charge in [-0.1, -0.05) is 24.3 Å². The average molecular weight is 358 g/mol. The third kappa shape index (κ3) is 5.90. The third-order valence-electron chi connectivity index (χ3n) is 3.47. The summed E-state index contributed by atoms with van der Waals surface area (Å²) in [6.45, 7) is 0.392. The lowest BCUT2D eigenvalue weighted by atomic mass is 10.1. The number of methoxy groups -OCH3 is 2. The number of carbonyl (C=O) groups excluding carboxylic acids is 2. The van der Waals surface area contributed by atoms with Gasteiger partial charge >= 0.3 is 12.1 Å². The molecule has 26 heavy (non-hydrogen) atoms. The van der Waals surface area contributed by atoms with Crippen molar-refractivity contribution in [3.8, 4) is 11.5 Å². The highest BCUT2D eigenvalue weighted by molar-refractivity contribution is 5.90. The molecule has 2 aromatic carbocycles. The second-order valence-electron chi connectivity index (χ2n) is 5.27. The Morgan fingerprint density at radius 3 is 2.27 bits per heavy atom. The van der Waals surface area contributed by atoms with E-state index in [9.17, 15) is 9.59 Å². The molecule has 8 nitrogen and oxygen atoms in total. The smallest absolute Gasteiger partial charge is 0.337 e. The van der Waals surface area contributed by atoms with Crippen LogP contribution in [0.5, 0.6) is 11.5 Å². The topological polar surface area (TPSA) is 101 Å².